The van der Waals surface area contributed by atoms with Crippen molar-refractivity contribution in [3.8, 4) is 0 Å². The molecule has 0 saturated carbocycles. The number of amides is 2. The molecule has 7 nitrogen and oxygen atoms in total. The largest absolute Gasteiger partial charge is 0.373 e. The first kappa shape index (κ1) is 16.6. The van der Waals surface area contributed by atoms with Crippen molar-refractivity contribution in [1.82, 2.24) is 15.0 Å². The van der Waals surface area contributed by atoms with Gasteiger partial charge < -0.3 is 14.3 Å². The van der Waals surface area contributed by atoms with Gasteiger partial charge in [0.25, 0.3) is 11.5 Å². The Morgan fingerprint density at radius 3 is 2.62 bits per heavy atom. The van der Waals surface area contributed by atoms with Gasteiger partial charge in [0, 0.05) is 38.4 Å². The van der Waals surface area contributed by atoms with Gasteiger partial charge >= 0.3 is 0 Å². The van der Waals surface area contributed by atoms with Crippen LogP contribution >= 0.6 is 0 Å². The van der Waals surface area contributed by atoms with E-state index in [0.717, 1.165) is 11.1 Å². The Kier molecular flexibility index (Phi) is 3.94. The van der Waals surface area contributed by atoms with Crippen molar-refractivity contribution in [3.05, 3.63) is 57.6 Å². The van der Waals surface area contributed by atoms with E-state index in [0.29, 0.717) is 19.6 Å². The third kappa shape index (κ3) is 2.64. The van der Waals surface area contributed by atoms with Gasteiger partial charge in [-0.1, -0.05) is 24.3 Å². The van der Waals surface area contributed by atoms with Crippen molar-refractivity contribution >= 4 is 11.8 Å². The predicted octanol–water partition coefficient (Wildman–Crippen LogP) is 1.57. The molecule has 136 valence electrons. The van der Waals surface area contributed by atoms with E-state index in [1.54, 1.807) is 11.8 Å². The van der Waals surface area contributed by atoms with Gasteiger partial charge in [-0.05, 0) is 18.1 Å². The molecule has 2 aliphatic heterocycles. The van der Waals surface area contributed by atoms with Gasteiger partial charge in [-0.25, -0.2) is 0 Å². The average molecular weight is 355 g/mol. The minimum absolute atomic E-state index is 0.0327. The highest BCUT2D eigenvalue weighted by Crippen LogP contribution is 2.45. The molecule has 4 rings (SSSR count). The summed E-state index contributed by atoms with van der Waals surface area (Å²) in [7, 11) is 0. The molecule has 1 N–H and O–H groups in total. The quantitative estimate of drug-likeness (QED) is 0.886. The van der Waals surface area contributed by atoms with Crippen LogP contribution in [0.3, 0.4) is 0 Å². The van der Waals surface area contributed by atoms with Crippen LogP contribution < -0.4 is 5.56 Å². The number of nitrogens with one attached hydrogen (secondary N) is 1. The van der Waals surface area contributed by atoms with E-state index < -0.39 is 5.56 Å². The molecule has 0 bridgehead atoms. The zero-order valence-electron chi connectivity index (χ0n) is 14.8. The van der Waals surface area contributed by atoms with Crippen LogP contribution in [0.5, 0.6) is 0 Å². The maximum absolute atomic E-state index is 12.6. The average Bonchev–Trinajstić information content (AvgIpc) is 3.28. The molecule has 2 amide bonds. The maximum atomic E-state index is 12.6. The van der Waals surface area contributed by atoms with E-state index in [9.17, 15) is 14.4 Å². The number of carbonyl (C=O) groups is 2. The topological polar surface area (TPSA) is 86.6 Å². The highest BCUT2D eigenvalue weighted by molar-refractivity contribution is 5.91. The van der Waals surface area contributed by atoms with Crippen LogP contribution in [0.25, 0.3) is 0 Å². The summed E-state index contributed by atoms with van der Waals surface area (Å²) in [4.78, 5) is 39.7. The van der Waals surface area contributed by atoms with Crippen LogP contribution in [0.1, 0.15) is 34.6 Å². The zero-order chi connectivity index (χ0) is 18.4. The number of likely N-dealkylation sites (tertiary alicyclic amines) is 2. The molecule has 0 aliphatic carbocycles. The Balaban J connectivity index is 1.62. The molecule has 2 fully saturated rings. The monoisotopic (exact) mass is 355 g/mol. The van der Waals surface area contributed by atoms with E-state index in [2.05, 4.69) is 11.2 Å². The number of aromatic amines is 1. The third-order valence-corrected chi connectivity index (χ3v) is 5.60. The number of aryl methyl sites for hydroxylation is 1. The lowest BCUT2D eigenvalue weighted by Gasteiger charge is -2.30. The summed E-state index contributed by atoms with van der Waals surface area (Å²) in [5.74, 6) is 0.205. The predicted molar refractivity (Wildman–Crippen MR) is 93.5 cm³/mol. The Morgan fingerprint density at radius 1 is 1.19 bits per heavy atom. The lowest BCUT2D eigenvalue weighted by atomic mass is 9.87. The summed E-state index contributed by atoms with van der Waals surface area (Å²) < 4.78 is 4.96. The van der Waals surface area contributed by atoms with Crippen molar-refractivity contribution in [1.29, 1.82) is 0 Å². The van der Waals surface area contributed by atoms with Crippen LogP contribution in [-0.4, -0.2) is 46.4 Å². The van der Waals surface area contributed by atoms with E-state index in [4.69, 9.17) is 4.52 Å². The van der Waals surface area contributed by atoms with Crippen molar-refractivity contribution < 1.29 is 14.1 Å². The fraction of sp³-hybridized carbons (Fsp3) is 0.421. The summed E-state index contributed by atoms with van der Waals surface area (Å²) >= 11 is 0. The highest BCUT2D eigenvalue weighted by Gasteiger charge is 2.50. The molecule has 2 aromatic rings. The Bertz CT molecular complexity index is 915. The number of nitrogens with zero attached hydrogens (tertiary/aromatic N) is 2. The van der Waals surface area contributed by atoms with Gasteiger partial charge in [0.1, 0.15) is 0 Å². The number of H-pyrrole nitrogens is 1. The van der Waals surface area contributed by atoms with E-state index in [-0.39, 0.29) is 35.5 Å². The molecule has 0 unspecified atom stereocenters. The fourth-order valence-electron chi connectivity index (χ4n) is 4.40. The SMILES string of the molecule is CC(=O)N1C[C@H]2CN(C(=O)c3cc(=O)[nH]o3)C[C@H]2[C@@H]1c1ccccc1C. The number of hydrogen-bond acceptors (Lipinski definition) is 4. The molecule has 2 saturated heterocycles. The summed E-state index contributed by atoms with van der Waals surface area (Å²) in [5.41, 5.74) is 1.86. The Morgan fingerprint density at radius 2 is 1.96 bits per heavy atom. The van der Waals surface area contributed by atoms with Crippen LogP contribution in [-0.2, 0) is 4.79 Å². The van der Waals surface area contributed by atoms with Gasteiger partial charge in [-0.3, -0.25) is 14.4 Å². The van der Waals surface area contributed by atoms with Gasteiger partial charge in [0.15, 0.2) is 0 Å². The fourth-order valence-corrected chi connectivity index (χ4v) is 4.40. The number of carbonyl (C=O) groups excluding carboxylic acids is 2. The first-order chi connectivity index (χ1) is 12.5. The second-order valence-electron chi connectivity index (χ2n) is 7.18. The maximum Gasteiger partial charge on any atom is 0.292 e. The van der Waals surface area contributed by atoms with Crippen LogP contribution in [0, 0.1) is 18.8 Å². The molecule has 1 aromatic heterocycles. The molecule has 0 spiro atoms. The second kappa shape index (κ2) is 6.16. The Labute approximate surface area is 150 Å². The van der Waals surface area contributed by atoms with Crippen LogP contribution in [0.4, 0.5) is 0 Å². The van der Waals surface area contributed by atoms with Gasteiger partial charge in [0.2, 0.25) is 11.7 Å². The van der Waals surface area contributed by atoms with E-state index in [1.165, 1.54) is 6.07 Å². The van der Waals surface area contributed by atoms with Crippen molar-refractivity contribution in [2.24, 2.45) is 11.8 Å². The first-order valence-electron chi connectivity index (χ1n) is 8.76. The van der Waals surface area contributed by atoms with E-state index >= 15 is 0 Å². The molecule has 1 aromatic carbocycles. The summed E-state index contributed by atoms with van der Waals surface area (Å²) in [5, 5.41) is 2.16. The molecule has 2 aliphatic rings. The smallest absolute Gasteiger partial charge is 0.292 e. The summed E-state index contributed by atoms with van der Waals surface area (Å²) in [6.45, 7) is 5.39. The second-order valence-corrected chi connectivity index (χ2v) is 7.18. The molecule has 26 heavy (non-hydrogen) atoms. The standard InChI is InChI=1S/C19H21N3O4/c1-11-5-3-4-6-14(11)18-15-10-21(8-13(15)9-22(18)12(2)23)19(25)16-7-17(24)20-26-16/h3-7,13,15,18H,8-10H2,1-2H3,(H,20,24)/t13-,15-,18+/m1/s1. The molecular weight excluding hydrogens is 334 g/mol. The molecular formula is C19H21N3O4. The van der Waals surface area contributed by atoms with Crippen molar-refractivity contribution in [3.63, 3.8) is 0 Å². The van der Waals surface area contributed by atoms with Gasteiger partial charge in [-0.15, -0.1) is 0 Å². The summed E-state index contributed by atoms with van der Waals surface area (Å²) in [6.07, 6.45) is 0. The van der Waals surface area contributed by atoms with Crippen molar-refractivity contribution in [2.75, 3.05) is 19.6 Å². The number of benzene rings is 1. The summed E-state index contributed by atoms with van der Waals surface area (Å²) in [6, 6.07) is 9.23. The number of hydrogen-bond donors (Lipinski definition) is 1. The minimum Gasteiger partial charge on any atom is -0.373 e. The lowest BCUT2D eigenvalue weighted by Crippen LogP contribution is -2.36. The van der Waals surface area contributed by atoms with Crippen molar-refractivity contribution in [2.45, 2.75) is 19.9 Å². The highest BCUT2D eigenvalue weighted by atomic mass is 16.5. The zero-order valence-corrected chi connectivity index (χ0v) is 14.8. The molecule has 3 heterocycles. The third-order valence-electron chi connectivity index (χ3n) is 5.60. The molecule has 7 heteroatoms. The molecule has 0 radical (unpaired) electrons. The van der Waals surface area contributed by atoms with Crippen LogP contribution in [0.15, 0.2) is 39.6 Å². The van der Waals surface area contributed by atoms with Crippen LogP contribution in [0.2, 0.25) is 0 Å². The normalized spacial score (nSPS) is 24.8. The lowest BCUT2D eigenvalue weighted by molar-refractivity contribution is -0.130. The number of fused-ring (bicyclic) bond motifs is 1. The molecule has 3 atom stereocenters. The number of rotatable bonds is 2. The minimum atomic E-state index is -0.423. The van der Waals surface area contributed by atoms with Gasteiger partial charge in [-0.2, -0.15) is 5.16 Å². The van der Waals surface area contributed by atoms with Gasteiger partial charge in [0.05, 0.1) is 12.1 Å². The van der Waals surface area contributed by atoms with E-state index in [1.807, 2.05) is 30.0 Å². The first-order valence-corrected chi connectivity index (χ1v) is 8.76. The number of aromatic nitrogens is 1. The Hall–Kier alpha value is -2.83.